The van der Waals surface area contributed by atoms with Crippen molar-refractivity contribution in [1.29, 1.82) is 0 Å². The van der Waals surface area contributed by atoms with Gasteiger partial charge in [-0.15, -0.1) is 0 Å². The van der Waals surface area contributed by atoms with Gasteiger partial charge in [-0.2, -0.15) is 0 Å². The van der Waals surface area contributed by atoms with Gasteiger partial charge in [0.05, 0.1) is 11.4 Å². The van der Waals surface area contributed by atoms with Gasteiger partial charge in [-0.25, -0.2) is 0 Å². The summed E-state index contributed by atoms with van der Waals surface area (Å²) in [5.41, 5.74) is 14.0. The van der Waals surface area contributed by atoms with Crippen molar-refractivity contribution >= 4 is 17.3 Å². The third-order valence-corrected chi connectivity index (χ3v) is 4.55. The average Bonchev–Trinajstić information content (AvgIpc) is 2.38. The number of nitrogens with two attached hydrogens (primary N) is 2. The highest BCUT2D eigenvalue weighted by atomic mass is 16.1. The Balaban J connectivity index is 2.19. The summed E-state index contributed by atoms with van der Waals surface area (Å²) in [7, 11) is 2.06. The monoisotopic (exact) mass is 275 g/mol. The molecular formula is C16H25N3O. The van der Waals surface area contributed by atoms with Crippen LogP contribution in [0.1, 0.15) is 49.9 Å². The Hall–Kier alpha value is -1.71. The number of nitrogens with zero attached hydrogens (tertiary/aromatic N) is 1. The number of carbonyl (C=O) groups is 1. The van der Waals surface area contributed by atoms with E-state index >= 15 is 0 Å². The number of nitrogen functional groups attached to an aromatic ring is 1. The van der Waals surface area contributed by atoms with E-state index in [2.05, 4.69) is 25.8 Å². The molecule has 0 aliphatic heterocycles. The molecule has 2 rings (SSSR count). The lowest BCUT2D eigenvalue weighted by Gasteiger charge is -2.40. The molecule has 1 amide bonds. The molecule has 4 heteroatoms. The summed E-state index contributed by atoms with van der Waals surface area (Å²) in [6.45, 7) is 4.65. The molecule has 4 N–H and O–H groups in total. The summed E-state index contributed by atoms with van der Waals surface area (Å²) in [5.74, 6) is -0.413. The van der Waals surface area contributed by atoms with Gasteiger partial charge in [0, 0.05) is 18.7 Å². The third kappa shape index (κ3) is 3.06. The molecule has 4 nitrogen and oxygen atoms in total. The van der Waals surface area contributed by atoms with Crippen LogP contribution in [0.5, 0.6) is 0 Å². The topological polar surface area (TPSA) is 72.3 Å². The molecule has 20 heavy (non-hydrogen) atoms. The van der Waals surface area contributed by atoms with Gasteiger partial charge >= 0.3 is 0 Å². The fourth-order valence-corrected chi connectivity index (χ4v) is 2.97. The minimum atomic E-state index is -0.413. The number of hydrogen-bond acceptors (Lipinski definition) is 3. The Labute approximate surface area is 121 Å². The summed E-state index contributed by atoms with van der Waals surface area (Å²) in [5, 5.41) is 0. The Kier molecular flexibility index (Phi) is 3.93. The van der Waals surface area contributed by atoms with Crippen LogP contribution in [0.3, 0.4) is 0 Å². The predicted molar refractivity (Wildman–Crippen MR) is 83.8 cm³/mol. The highest BCUT2D eigenvalue weighted by Crippen LogP contribution is 2.38. The molecule has 1 fully saturated rings. The smallest absolute Gasteiger partial charge is 0.248 e. The third-order valence-electron chi connectivity index (χ3n) is 4.55. The molecule has 1 aromatic rings. The fourth-order valence-electron chi connectivity index (χ4n) is 2.97. The molecule has 0 radical (unpaired) electrons. The van der Waals surface area contributed by atoms with Crippen molar-refractivity contribution in [3.05, 3.63) is 23.8 Å². The van der Waals surface area contributed by atoms with E-state index in [-0.39, 0.29) is 0 Å². The summed E-state index contributed by atoms with van der Waals surface area (Å²) in [4.78, 5) is 13.5. The van der Waals surface area contributed by atoms with Crippen LogP contribution in [-0.4, -0.2) is 19.0 Å². The van der Waals surface area contributed by atoms with E-state index in [1.165, 1.54) is 12.8 Å². The van der Waals surface area contributed by atoms with Crippen LogP contribution in [0, 0.1) is 5.41 Å². The molecule has 1 aliphatic rings. The lowest BCUT2D eigenvalue weighted by Crippen LogP contribution is -2.37. The first-order chi connectivity index (χ1) is 9.30. The predicted octanol–water partition coefficient (Wildman–Crippen LogP) is 2.77. The Bertz CT molecular complexity index is 500. The standard InChI is InChI=1S/C16H25N3O/c1-16(2)8-6-12(7-9-16)19(3)14-10-11(15(18)20)4-5-13(14)17/h4-5,10,12H,6-9,17H2,1-3H3,(H2,18,20). The quantitative estimate of drug-likeness (QED) is 0.833. The normalized spacial score (nSPS) is 18.8. The lowest BCUT2D eigenvalue weighted by molar-refractivity contribution is 0.100. The van der Waals surface area contributed by atoms with Crippen LogP contribution < -0.4 is 16.4 Å². The van der Waals surface area contributed by atoms with E-state index in [1.54, 1.807) is 18.2 Å². The van der Waals surface area contributed by atoms with Gasteiger partial charge in [-0.1, -0.05) is 13.8 Å². The Morgan fingerprint density at radius 1 is 1.30 bits per heavy atom. The van der Waals surface area contributed by atoms with Gasteiger partial charge in [0.2, 0.25) is 5.91 Å². The second kappa shape index (κ2) is 5.35. The highest BCUT2D eigenvalue weighted by Gasteiger charge is 2.29. The molecule has 0 aromatic heterocycles. The van der Waals surface area contributed by atoms with Crippen molar-refractivity contribution < 1.29 is 4.79 Å². The summed E-state index contributed by atoms with van der Waals surface area (Å²) in [6, 6.07) is 5.73. The molecular weight excluding hydrogens is 250 g/mol. The number of carbonyl (C=O) groups excluding carboxylic acids is 1. The van der Waals surface area contributed by atoms with Gasteiger partial charge in [0.1, 0.15) is 0 Å². The molecule has 1 saturated carbocycles. The Morgan fingerprint density at radius 3 is 2.45 bits per heavy atom. The lowest BCUT2D eigenvalue weighted by atomic mass is 9.75. The second-order valence-electron chi connectivity index (χ2n) is 6.64. The van der Waals surface area contributed by atoms with Gasteiger partial charge in [0.25, 0.3) is 0 Å². The SMILES string of the molecule is CN(c1cc(C(N)=O)ccc1N)C1CCC(C)(C)CC1. The van der Waals surface area contributed by atoms with E-state index in [1.807, 2.05) is 0 Å². The van der Waals surface area contributed by atoms with Gasteiger partial charge in [0.15, 0.2) is 0 Å². The zero-order valence-corrected chi connectivity index (χ0v) is 12.6. The van der Waals surface area contributed by atoms with Gasteiger partial charge in [-0.05, 0) is 49.3 Å². The average molecular weight is 275 g/mol. The minimum absolute atomic E-state index is 0.413. The van der Waals surface area contributed by atoms with Crippen molar-refractivity contribution in [3.8, 4) is 0 Å². The zero-order valence-electron chi connectivity index (χ0n) is 12.6. The second-order valence-corrected chi connectivity index (χ2v) is 6.64. The van der Waals surface area contributed by atoms with E-state index in [0.29, 0.717) is 22.7 Å². The summed E-state index contributed by atoms with van der Waals surface area (Å²) >= 11 is 0. The molecule has 1 aliphatic carbocycles. The number of rotatable bonds is 3. The van der Waals surface area contributed by atoms with Crippen LogP contribution >= 0.6 is 0 Å². The number of primary amides is 1. The first-order valence-electron chi connectivity index (χ1n) is 7.22. The largest absolute Gasteiger partial charge is 0.397 e. The molecule has 0 heterocycles. The number of benzene rings is 1. The first kappa shape index (κ1) is 14.7. The highest BCUT2D eigenvalue weighted by molar-refractivity contribution is 5.95. The zero-order chi connectivity index (χ0) is 14.9. The Morgan fingerprint density at radius 2 is 1.90 bits per heavy atom. The van der Waals surface area contributed by atoms with Gasteiger partial charge in [-0.3, -0.25) is 4.79 Å². The molecule has 110 valence electrons. The van der Waals surface area contributed by atoms with Crippen LogP contribution in [0.2, 0.25) is 0 Å². The number of anilines is 2. The maximum Gasteiger partial charge on any atom is 0.248 e. The first-order valence-corrected chi connectivity index (χ1v) is 7.22. The van der Waals surface area contributed by atoms with Crippen molar-refractivity contribution in [2.45, 2.75) is 45.6 Å². The van der Waals surface area contributed by atoms with Crippen molar-refractivity contribution in [3.63, 3.8) is 0 Å². The molecule has 0 atom stereocenters. The molecule has 0 saturated heterocycles. The van der Waals surface area contributed by atoms with E-state index < -0.39 is 5.91 Å². The van der Waals surface area contributed by atoms with E-state index in [0.717, 1.165) is 18.5 Å². The van der Waals surface area contributed by atoms with E-state index in [4.69, 9.17) is 11.5 Å². The van der Waals surface area contributed by atoms with Crippen molar-refractivity contribution in [2.24, 2.45) is 11.1 Å². The maximum atomic E-state index is 11.3. The summed E-state index contributed by atoms with van der Waals surface area (Å²) in [6.07, 6.45) is 4.75. The van der Waals surface area contributed by atoms with Crippen LogP contribution in [-0.2, 0) is 0 Å². The van der Waals surface area contributed by atoms with Gasteiger partial charge < -0.3 is 16.4 Å². The maximum absolute atomic E-state index is 11.3. The number of amides is 1. The number of hydrogen-bond donors (Lipinski definition) is 2. The molecule has 0 bridgehead atoms. The van der Waals surface area contributed by atoms with Crippen molar-refractivity contribution in [1.82, 2.24) is 0 Å². The summed E-state index contributed by atoms with van der Waals surface area (Å²) < 4.78 is 0. The van der Waals surface area contributed by atoms with Crippen LogP contribution in [0.25, 0.3) is 0 Å². The van der Waals surface area contributed by atoms with Crippen LogP contribution in [0.4, 0.5) is 11.4 Å². The molecule has 1 aromatic carbocycles. The van der Waals surface area contributed by atoms with Crippen LogP contribution in [0.15, 0.2) is 18.2 Å². The fraction of sp³-hybridized carbons (Fsp3) is 0.562. The molecule has 0 unspecified atom stereocenters. The molecule has 0 spiro atoms. The van der Waals surface area contributed by atoms with Crippen molar-refractivity contribution in [2.75, 3.05) is 17.7 Å². The van der Waals surface area contributed by atoms with E-state index in [9.17, 15) is 4.79 Å². The minimum Gasteiger partial charge on any atom is -0.397 e.